The fourth-order valence-electron chi connectivity index (χ4n) is 0.739. The van der Waals surface area contributed by atoms with Gasteiger partial charge < -0.3 is 4.42 Å². The van der Waals surface area contributed by atoms with Gasteiger partial charge in [-0.1, -0.05) is 0 Å². The van der Waals surface area contributed by atoms with Crippen LogP contribution in [0.1, 0.15) is 0 Å². The van der Waals surface area contributed by atoms with Crippen molar-refractivity contribution in [2.24, 2.45) is 0 Å². The highest BCUT2D eigenvalue weighted by atomic mass is 16.3. The molecule has 0 aliphatic carbocycles. The SMILES string of the molecule is [c]1ccc(-c2cnco2)nn1. The second-order valence-electron chi connectivity index (χ2n) is 1.91. The molecule has 2 aromatic heterocycles. The second-order valence-corrected chi connectivity index (χ2v) is 1.91. The van der Waals surface area contributed by atoms with Gasteiger partial charge in [0.05, 0.1) is 6.20 Å². The van der Waals surface area contributed by atoms with Gasteiger partial charge in [-0.25, -0.2) is 4.98 Å². The van der Waals surface area contributed by atoms with E-state index in [0.717, 1.165) is 0 Å². The van der Waals surface area contributed by atoms with E-state index in [4.69, 9.17) is 4.42 Å². The molecule has 11 heavy (non-hydrogen) atoms. The Morgan fingerprint density at radius 3 is 3.09 bits per heavy atom. The predicted molar refractivity (Wildman–Crippen MR) is 36.4 cm³/mol. The highest BCUT2D eigenvalue weighted by Gasteiger charge is 2.00. The van der Waals surface area contributed by atoms with Crippen molar-refractivity contribution in [2.75, 3.05) is 0 Å². The zero-order chi connectivity index (χ0) is 7.52. The molecule has 0 unspecified atom stereocenters. The number of rotatable bonds is 1. The molecule has 0 N–H and O–H groups in total. The van der Waals surface area contributed by atoms with Crippen molar-refractivity contribution in [1.82, 2.24) is 15.2 Å². The molecule has 0 saturated heterocycles. The maximum Gasteiger partial charge on any atom is 0.181 e. The van der Waals surface area contributed by atoms with Crippen molar-refractivity contribution in [2.45, 2.75) is 0 Å². The third kappa shape index (κ3) is 1.10. The molecule has 0 atom stereocenters. The van der Waals surface area contributed by atoms with Gasteiger partial charge in [0, 0.05) is 0 Å². The average Bonchev–Trinajstić information content (AvgIpc) is 2.58. The molecule has 0 amide bonds. The first-order chi connectivity index (χ1) is 5.47. The molecule has 0 saturated carbocycles. The summed E-state index contributed by atoms with van der Waals surface area (Å²) >= 11 is 0. The minimum Gasteiger partial charge on any atom is -0.442 e. The normalized spacial score (nSPS) is 9.82. The van der Waals surface area contributed by atoms with Crippen LogP contribution >= 0.6 is 0 Å². The van der Waals surface area contributed by atoms with Gasteiger partial charge in [0.25, 0.3) is 0 Å². The molecule has 0 fully saturated rings. The van der Waals surface area contributed by atoms with E-state index in [-0.39, 0.29) is 0 Å². The lowest BCUT2D eigenvalue weighted by Crippen LogP contribution is -1.82. The molecule has 2 aromatic rings. The van der Waals surface area contributed by atoms with Gasteiger partial charge in [0.1, 0.15) is 11.9 Å². The van der Waals surface area contributed by atoms with Crippen LogP contribution in [-0.2, 0) is 0 Å². The fraction of sp³-hybridized carbons (Fsp3) is 0. The number of hydrogen-bond donors (Lipinski definition) is 0. The van der Waals surface area contributed by atoms with Gasteiger partial charge >= 0.3 is 0 Å². The van der Waals surface area contributed by atoms with Crippen molar-refractivity contribution in [1.29, 1.82) is 0 Å². The van der Waals surface area contributed by atoms with E-state index in [1.165, 1.54) is 6.39 Å². The summed E-state index contributed by atoms with van der Waals surface area (Å²) in [6.45, 7) is 0. The quantitative estimate of drug-likeness (QED) is 0.600. The summed E-state index contributed by atoms with van der Waals surface area (Å²) in [4.78, 5) is 3.75. The summed E-state index contributed by atoms with van der Waals surface area (Å²) < 4.78 is 4.99. The maximum atomic E-state index is 4.99. The Bertz CT molecular complexity index is 317. The van der Waals surface area contributed by atoms with Crippen molar-refractivity contribution >= 4 is 0 Å². The Labute approximate surface area is 62.9 Å². The lowest BCUT2D eigenvalue weighted by molar-refractivity contribution is 0.568. The lowest BCUT2D eigenvalue weighted by atomic mass is 10.3. The Kier molecular flexibility index (Phi) is 1.37. The van der Waals surface area contributed by atoms with E-state index in [2.05, 4.69) is 21.4 Å². The lowest BCUT2D eigenvalue weighted by Gasteiger charge is -1.88. The highest BCUT2D eigenvalue weighted by Crippen LogP contribution is 2.12. The van der Waals surface area contributed by atoms with Gasteiger partial charge in [-0.2, -0.15) is 0 Å². The van der Waals surface area contributed by atoms with E-state index in [0.29, 0.717) is 11.5 Å². The van der Waals surface area contributed by atoms with E-state index in [1.54, 1.807) is 18.3 Å². The van der Waals surface area contributed by atoms with E-state index in [9.17, 15) is 0 Å². The van der Waals surface area contributed by atoms with Gasteiger partial charge in [0.2, 0.25) is 0 Å². The van der Waals surface area contributed by atoms with E-state index >= 15 is 0 Å². The summed E-state index contributed by atoms with van der Waals surface area (Å²) in [6.07, 6.45) is 5.51. The molecule has 0 aliphatic rings. The van der Waals surface area contributed by atoms with Crippen LogP contribution in [0.5, 0.6) is 0 Å². The standard InChI is InChI=1S/C7H4N3O/c1-2-6(10-9-3-1)7-4-8-5-11-7/h1-2,4-5H. The van der Waals surface area contributed by atoms with Crippen LogP contribution in [0.15, 0.2) is 29.1 Å². The summed E-state index contributed by atoms with van der Waals surface area (Å²) in [6, 6.07) is 3.43. The largest absolute Gasteiger partial charge is 0.442 e. The van der Waals surface area contributed by atoms with Gasteiger partial charge in [-0.15, -0.1) is 10.2 Å². The maximum absolute atomic E-state index is 4.99. The van der Waals surface area contributed by atoms with Crippen LogP contribution in [0.25, 0.3) is 11.5 Å². The van der Waals surface area contributed by atoms with Crippen molar-refractivity contribution < 1.29 is 4.42 Å². The third-order valence-electron chi connectivity index (χ3n) is 1.22. The Morgan fingerprint density at radius 1 is 1.45 bits per heavy atom. The molecule has 0 aromatic carbocycles. The topological polar surface area (TPSA) is 51.8 Å². The first-order valence-electron chi connectivity index (χ1n) is 3.05. The monoisotopic (exact) mass is 146 g/mol. The fourth-order valence-corrected chi connectivity index (χ4v) is 0.739. The molecule has 4 heteroatoms. The van der Waals surface area contributed by atoms with E-state index in [1.807, 2.05) is 0 Å². The predicted octanol–water partition coefficient (Wildman–Crippen LogP) is 0.932. The number of hydrogen-bond acceptors (Lipinski definition) is 4. The minimum atomic E-state index is 0.617. The zero-order valence-electron chi connectivity index (χ0n) is 5.56. The molecule has 2 rings (SSSR count). The molecule has 1 radical (unpaired) electrons. The zero-order valence-corrected chi connectivity index (χ0v) is 5.56. The smallest absolute Gasteiger partial charge is 0.181 e. The second kappa shape index (κ2) is 2.49. The summed E-state index contributed by atoms with van der Waals surface area (Å²) in [7, 11) is 0. The molecule has 0 bridgehead atoms. The van der Waals surface area contributed by atoms with Crippen molar-refractivity contribution in [3.8, 4) is 11.5 Å². The third-order valence-corrected chi connectivity index (χ3v) is 1.22. The molecule has 53 valence electrons. The highest BCUT2D eigenvalue weighted by molar-refractivity contribution is 5.48. The van der Waals surface area contributed by atoms with Crippen LogP contribution in [0, 0.1) is 6.20 Å². The van der Waals surface area contributed by atoms with Crippen molar-refractivity contribution in [3.05, 3.63) is 30.9 Å². The Hall–Kier alpha value is -1.71. The number of oxazole rings is 1. The summed E-state index contributed by atoms with van der Waals surface area (Å²) in [5, 5.41) is 7.36. The molecule has 0 spiro atoms. The van der Waals surface area contributed by atoms with Crippen LogP contribution in [0.2, 0.25) is 0 Å². The van der Waals surface area contributed by atoms with Gasteiger partial charge in [0.15, 0.2) is 12.2 Å². The molecular formula is C7H4N3O. The number of nitrogens with zero attached hydrogens (tertiary/aromatic N) is 3. The minimum absolute atomic E-state index is 0.617. The Balaban J connectivity index is 2.46. The summed E-state index contributed by atoms with van der Waals surface area (Å²) in [5.74, 6) is 0.617. The molecule has 4 nitrogen and oxygen atoms in total. The Morgan fingerprint density at radius 2 is 2.45 bits per heavy atom. The van der Waals surface area contributed by atoms with Crippen LogP contribution in [-0.4, -0.2) is 15.2 Å². The van der Waals surface area contributed by atoms with Crippen molar-refractivity contribution in [3.63, 3.8) is 0 Å². The molecule has 2 heterocycles. The molecular weight excluding hydrogens is 142 g/mol. The van der Waals surface area contributed by atoms with Gasteiger partial charge in [-0.05, 0) is 12.1 Å². The molecule has 0 aliphatic heterocycles. The van der Waals surface area contributed by atoms with Gasteiger partial charge in [-0.3, -0.25) is 0 Å². The van der Waals surface area contributed by atoms with Crippen LogP contribution < -0.4 is 0 Å². The first-order valence-corrected chi connectivity index (χ1v) is 3.05. The van der Waals surface area contributed by atoms with E-state index < -0.39 is 0 Å². The average molecular weight is 146 g/mol. The van der Waals surface area contributed by atoms with Crippen LogP contribution in [0.4, 0.5) is 0 Å². The first kappa shape index (κ1) is 6.03. The summed E-state index contributed by atoms with van der Waals surface area (Å²) in [5.41, 5.74) is 0.668. The number of aromatic nitrogens is 3. The van der Waals surface area contributed by atoms with Crippen LogP contribution in [0.3, 0.4) is 0 Å².